The normalized spacial score (nSPS) is 11.0. The fourth-order valence-electron chi connectivity index (χ4n) is 2.48. The summed E-state index contributed by atoms with van der Waals surface area (Å²) in [5, 5.41) is 0. The predicted molar refractivity (Wildman–Crippen MR) is 113 cm³/mol. The van der Waals surface area contributed by atoms with E-state index in [9.17, 15) is 4.79 Å². The van der Waals surface area contributed by atoms with Gasteiger partial charge in [0.25, 0.3) is 0 Å². The van der Waals surface area contributed by atoms with E-state index in [1.165, 1.54) is 5.56 Å². The molecule has 0 aromatic heterocycles. The van der Waals surface area contributed by atoms with Crippen LogP contribution < -0.4 is 0 Å². The first-order valence-electron chi connectivity index (χ1n) is 8.86. The van der Waals surface area contributed by atoms with E-state index in [4.69, 9.17) is 0 Å². The summed E-state index contributed by atoms with van der Waals surface area (Å²) >= 11 is 0. The third kappa shape index (κ3) is 5.48. The molecule has 2 aromatic rings. The number of hydrogen-bond donors (Lipinski definition) is 0. The second-order valence-electron chi connectivity index (χ2n) is 8.42. The van der Waals surface area contributed by atoms with Gasteiger partial charge in [0, 0.05) is 16.7 Å². The quantitative estimate of drug-likeness (QED) is 0.376. The molecule has 0 saturated carbocycles. The Morgan fingerprint density at radius 2 is 1.38 bits per heavy atom. The first-order chi connectivity index (χ1) is 12.1. The molecule has 0 spiro atoms. The van der Waals surface area contributed by atoms with Crippen LogP contribution in [0.2, 0.25) is 19.6 Å². The van der Waals surface area contributed by atoms with E-state index in [1.54, 1.807) is 6.07 Å². The maximum Gasteiger partial charge on any atom is 0.236 e. The number of carbonyl (C=O) groups is 1. The predicted octanol–water partition coefficient (Wildman–Crippen LogP) is 5.45. The summed E-state index contributed by atoms with van der Waals surface area (Å²) in [6.45, 7) is 12.9. The van der Waals surface area contributed by atoms with E-state index >= 15 is 0 Å². The summed E-state index contributed by atoms with van der Waals surface area (Å²) in [4.78, 5) is 12.5. The Morgan fingerprint density at radius 1 is 0.846 bits per heavy atom. The Balaban J connectivity index is 2.44. The number of ketones is 1. The van der Waals surface area contributed by atoms with Crippen molar-refractivity contribution < 1.29 is 4.79 Å². The zero-order chi connectivity index (χ0) is 19.4. The van der Waals surface area contributed by atoms with Gasteiger partial charge < -0.3 is 0 Å². The molecule has 132 valence electrons. The summed E-state index contributed by atoms with van der Waals surface area (Å²) in [5.74, 6) is 9.12. The molecule has 0 heterocycles. The van der Waals surface area contributed by atoms with Crippen molar-refractivity contribution in [3.05, 3.63) is 70.8 Å². The van der Waals surface area contributed by atoms with E-state index in [0.717, 1.165) is 11.1 Å². The van der Waals surface area contributed by atoms with Gasteiger partial charge in [-0.05, 0) is 35.1 Å². The highest BCUT2D eigenvalue weighted by Gasteiger charge is 2.16. The third-order valence-electron chi connectivity index (χ3n) is 3.79. The number of benzene rings is 2. The minimum Gasteiger partial charge on any atom is -0.279 e. The van der Waals surface area contributed by atoms with Gasteiger partial charge in [0.2, 0.25) is 5.78 Å². The topological polar surface area (TPSA) is 17.1 Å². The van der Waals surface area contributed by atoms with Crippen molar-refractivity contribution in [1.82, 2.24) is 0 Å². The van der Waals surface area contributed by atoms with Crippen molar-refractivity contribution in [2.24, 2.45) is 0 Å². The third-order valence-corrected chi connectivity index (χ3v) is 4.66. The molecule has 2 heteroatoms. The summed E-state index contributed by atoms with van der Waals surface area (Å²) in [5.41, 5.74) is 6.67. The SMILES string of the molecule is CC(C)(C)c1ccccc1C#Cc1ccccc1C(=O)C#C[Si](C)(C)C. The lowest BCUT2D eigenvalue weighted by atomic mass is 9.84. The second-order valence-corrected chi connectivity index (χ2v) is 13.2. The van der Waals surface area contributed by atoms with Crippen LogP contribution in [0.3, 0.4) is 0 Å². The Hall–Kier alpha value is -2.55. The monoisotopic (exact) mass is 358 g/mol. The van der Waals surface area contributed by atoms with Crippen molar-refractivity contribution in [1.29, 1.82) is 0 Å². The zero-order valence-corrected chi connectivity index (χ0v) is 17.5. The van der Waals surface area contributed by atoms with Crippen molar-refractivity contribution in [2.45, 2.75) is 45.8 Å². The van der Waals surface area contributed by atoms with Gasteiger partial charge in [0.15, 0.2) is 0 Å². The highest BCUT2D eigenvalue weighted by atomic mass is 28.3. The summed E-state index contributed by atoms with van der Waals surface area (Å²) in [6, 6.07) is 15.6. The van der Waals surface area contributed by atoms with Gasteiger partial charge in [0.1, 0.15) is 8.07 Å². The van der Waals surface area contributed by atoms with Crippen LogP contribution in [0, 0.1) is 23.3 Å². The molecular formula is C24H26OSi. The van der Waals surface area contributed by atoms with Gasteiger partial charge in [-0.1, -0.05) is 82.6 Å². The van der Waals surface area contributed by atoms with Gasteiger partial charge in [-0.25, -0.2) is 0 Å². The number of Topliss-reactive ketones (excluding diaryl/α,β-unsaturated/α-hetero) is 1. The molecule has 2 aromatic carbocycles. The van der Waals surface area contributed by atoms with Crippen molar-refractivity contribution in [3.63, 3.8) is 0 Å². The largest absolute Gasteiger partial charge is 0.279 e. The van der Waals surface area contributed by atoms with E-state index < -0.39 is 8.07 Å². The zero-order valence-electron chi connectivity index (χ0n) is 16.5. The molecule has 0 atom stereocenters. The molecule has 0 aliphatic carbocycles. The molecule has 26 heavy (non-hydrogen) atoms. The molecule has 2 rings (SSSR count). The first kappa shape index (κ1) is 19.8. The Bertz CT molecular complexity index is 932. The second kappa shape index (κ2) is 7.77. The maximum atomic E-state index is 12.5. The minimum atomic E-state index is -1.59. The van der Waals surface area contributed by atoms with Gasteiger partial charge in [-0.2, -0.15) is 0 Å². The molecule has 0 aliphatic rings. The van der Waals surface area contributed by atoms with Crippen LogP contribution in [-0.2, 0) is 5.41 Å². The van der Waals surface area contributed by atoms with Crippen LogP contribution in [0.15, 0.2) is 48.5 Å². The number of rotatable bonds is 1. The van der Waals surface area contributed by atoms with E-state index in [1.807, 2.05) is 36.4 Å². The van der Waals surface area contributed by atoms with Crippen molar-refractivity contribution in [2.75, 3.05) is 0 Å². The van der Waals surface area contributed by atoms with Gasteiger partial charge in [-0.3, -0.25) is 4.79 Å². The first-order valence-corrected chi connectivity index (χ1v) is 12.4. The fraction of sp³-hybridized carbons (Fsp3) is 0.292. The van der Waals surface area contributed by atoms with Crippen LogP contribution in [0.5, 0.6) is 0 Å². The molecule has 0 fully saturated rings. The average Bonchev–Trinajstić information content (AvgIpc) is 2.57. The van der Waals surface area contributed by atoms with Gasteiger partial charge in [-0.15, -0.1) is 5.54 Å². The average molecular weight is 359 g/mol. The van der Waals surface area contributed by atoms with Crippen LogP contribution in [-0.4, -0.2) is 13.9 Å². The summed E-state index contributed by atoms with van der Waals surface area (Å²) in [6.07, 6.45) is 0. The van der Waals surface area contributed by atoms with E-state index in [0.29, 0.717) is 5.56 Å². The Kier molecular flexibility index (Phi) is 5.91. The molecule has 0 aliphatic heterocycles. The van der Waals surface area contributed by atoms with Crippen molar-refractivity contribution in [3.8, 4) is 23.3 Å². The molecule has 0 unspecified atom stereocenters. The minimum absolute atomic E-state index is 0.0173. The van der Waals surface area contributed by atoms with Crippen LogP contribution in [0.4, 0.5) is 0 Å². The highest BCUT2D eigenvalue weighted by molar-refractivity contribution is 6.84. The molecule has 0 saturated heterocycles. The maximum absolute atomic E-state index is 12.5. The molecular weight excluding hydrogens is 332 g/mol. The van der Waals surface area contributed by atoms with E-state index in [2.05, 4.69) is 69.8 Å². The van der Waals surface area contributed by atoms with Crippen molar-refractivity contribution >= 4 is 13.9 Å². The van der Waals surface area contributed by atoms with Crippen LogP contribution in [0.25, 0.3) is 0 Å². The van der Waals surface area contributed by atoms with E-state index in [-0.39, 0.29) is 11.2 Å². The smallest absolute Gasteiger partial charge is 0.236 e. The Labute approximate surface area is 158 Å². The Morgan fingerprint density at radius 3 is 2.00 bits per heavy atom. The van der Waals surface area contributed by atoms with Gasteiger partial charge >= 0.3 is 0 Å². The lowest BCUT2D eigenvalue weighted by molar-refractivity contribution is 0.105. The summed E-state index contributed by atoms with van der Waals surface area (Å²) < 4.78 is 0. The summed E-state index contributed by atoms with van der Waals surface area (Å²) in [7, 11) is -1.59. The fourth-order valence-corrected chi connectivity index (χ4v) is 2.97. The lowest BCUT2D eigenvalue weighted by Crippen LogP contribution is -2.17. The molecule has 0 radical (unpaired) electrons. The lowest BCUT2D eigenvalue weighted by Gasteiger charge is -2.20. The molecule has 0 amide bonds. The standard InChI is InChI=1S/C24H26OSi/c1-24(2,3)22-14-10-8-12-20(22)16-15-19-11-7-9-13-21(19)23(25)17-18-26(4,5)6/h7-14H,1-6H3. The van der Waals surface area contributed by atoms with Crippen LogP contribution in [0.1, 0.15) is 47.8 Å². The highest BCUT2D eigenvalue weighted by Crippen LogP contribution is 2.25. The molecule has 1 nitrogen and oxygen atoms in total. The molecule has 0 N–H and O–H groups in total. The number of hydrogen-bond acceptors (Lipinski definition) is 1. The van der Waals surface area contributed by atoms with Crippen LogP contribution >= 0.6 is 0 Å². The number of carbonyl (C=O) groups excluding carboxylic acids is 1. The van der Waals surface area contributed by atoms with Gasteiger partial charge in [0.05, 0.1) is 0 Å². The molecule has 0 bridgehead atoms.